The minimum absolute atomic E-state index is 0.818. The Morgan fingerprint density at radius 2 is 2.53 bits per heavy atom. The van der Waals surface area contributed by atoms with Crippen molar-refractivity contribution in [3.63, 3.8) is 0 Å². The van der Waals surface area contributed by atoms with Gasteiger partial charge in [0, 0.05) is 30.7 Å². The molecule has 0 bridgehead atoms. The maximum atomic E-state index is 5.17. The predicted octanol–water partition coefficient (Wildman–Crippen LogP) is 1.90. The monoisotopic (exact) mass is 219 g/mol. The third kappa shape index (κ3) is 2.58. The predicted molar refractivity (Wildman–Crippen MR) is 62.8 cm³/mol. The normalized spacial score (nSPS) is 10.6. The van der Waals surface area contributed by atoms with Gasteiger partial charge in [0.2, 0.25) is 0 Å². The highest BCUT2D eigenvalue weighted by atomic mass is 32.1. The summed E-state index contributed by atoms with van der Waals surface area (Å²) in [6, 6.07) is 0. The first-order valence-corrected chi connectivity index (χ1v) is 5.83. The van der Waals surface area contributed by atoms with Gasteiger partial charge in [-0.25, -0.2) is 4.98 Å². The summed E-state index contributed by atoms with van der Waals surface area (Å²) in [5.41, 5.74) is 1.09. The molecule has 2 heterocycles. The fourth-order valence-corrected chi connectivity index (χ4v) is 2.11. The van der Waals surface area contributed by atoms with E-state index in [0.29, 0.717) is 0 Å². The van der Waals surface area contributed by atoms with Crippen LogP contribution < -0.4 is 5.32 Å². The number of thiazole rings is 1. The standard InChI is InChI=1S/C11H13N3S/c1-2-3-4-5-12-8-10-9-14-6-7-15-11(14)13-10/h1,6-7,9,12H,3-5,8H2. The van der Waals surface area contributed by atoms with Crippen molar-refractivity contribution in [1.29, 1.82) is 0 Å². The van der Waals surface area contributed by atoms with Crippen LogP contribution >= 0.6 is 11.3 Å². The Bertz CT molecular complexity index is 435. The van der Waals surface area contributed by atoms with Crippen LogP contribution in [0.25, 0.3) is 4.96 Å². The van der Waals surface area contributed by atoms with Crippen LogP contribution in [-0.4, -0.2) is 15.9 Å². The number of imidazole rings is 1. The van der Waals surface area contributed by atoms with Gasteiger partial charge in [0.15, 0.2) is 4.96 Å². The number of nitrogens with one attached hydrogen (secondary N) is 1. The minimum atomic E-state index is 0.818. The first-order chi connectivity index (χ1) is 7.40. The highest BCUT2D eigenvalue weighted by Crippen LogP contribution is 2.10. The van der Waals surface area contributed by atoms with Crippen molar-refractivity contribution in [3.05, 3.63) is 23.5 Å². The van der Waals surface area contributed by atoms with Crippen molar-refractivity contribution in [1.82, 2.24) is 14.7 Å². The molecule has 0 saturated carbocycles. The molecule has 2 aromatic rings. The van der Waals surface area contributed by atoms with E-state index in [1.54, 1.807) is 11.3 Å². The van der Waals surface area contributed by atoms with Crippen LogP contribution in [0.4, 0.5) is 0 Å². The van der Waals surface area contributed by atoms with E-state index in [2.05, 4.69) is 22.4 Å². The number of rotatable bonds is 5. The molecule has 1 N–H and O–H groups in total. The van der Waals surface area contributed by atoms with Crippen LogP contribution in [0.15, 0.2) is 17.8 Å². The van der Waals surface area contributed by atoms with Gasteiger partial charge in [0.1, 0.15) is 0 Å². The highest BCUT2D eigenvalue weighted by Gasteiger charge is 2.00. The van der Waals surface area contributed by atoms with Gasteiger partial charge < -0.3 is 5.32 Å². The summed E-state index contributed by atoms with van der Waals surface area (Å²) in [5, 5.41) is 5.35. The van der Waals surface area contributed by atoms with Gasteiger partial charge in [-0.2, -0.15) is 0 Å². The lowest BCUT2D eigenvalue weighted by molar-refractivity contribution is 0.651. The fourth-order valence-electron chi connectivity index (χ4n) is 1.39. The van der Waals surface area contributed by atoms with Crippen LogP contribution in [-0.2, 0) is 6.54 Å². The zero-order valence-corrected chi connectivity index (χ0v) is 9.26. The second-order valence-corrected chi connectivity index (χ2v) is 4.18. The lowest BCUT2D eigenvalue weighted by Crippen LogP contribution is -2.14. The molecule has 78 valence electrons. The molecule has 2 aromatic heterocycles. The zero-order chi connectivity index (χ0) is 10.5. The van der Waals surface area contributed by atoms with Gasteiger partial charge in [0.05, 0.1) is 5.69 Å². The van der Waals surface area contributed by atoms with E-state index in [9.17, 15) is 0 Å². The van der Waals surface area contributed by atoms with Gasteiger partial charge in [-0.3, -0.25) is 4.40 Å². The molecular weight excluding hydrogens is 206 g/mol. The molecule has 0 aliphatic carbocycles. The summed E-state index contributed by atoms with van der Waals surface area (Å²) in [6.07, 6.45) is 11.1. The molecule has 0 saturated heterocycles. The molecule has 15 heavy (non-hydrogen) atoms. The topological polar surface area (TPSA) is 29.3 Å². The van der Waals surface area contributed by atoms with Gasteiger partial charge in [-0.05, 0) is 13.0 Å². The molecule has 0 unspecified atom stereocenters. The number of terminal acetylenes is 1. The Morgan fingerprint density at radius 1 is 1.60 bits per heavy atom. The molecule has 2 rings (SSSR count). The maximum Gasteiger partial charge on any atom is 0.193 e. The SMILES string of the molecule is C#CCCCNCc1cn2ccsc2n1. The number of unbranched alkanes of at least 4 members (excludes halogenated alkanes) is 1. The molecule has 0 aliphatic rings. The quantitative estimate of drug-likeness (QED) is 0.615. The Labute approximate surface area is 93.1 Å². The van der Waals surface area contributed by atoms with E-state index in [0.717, 1.165) is 36.6 Å². The number of hydrogen-bond donors (Lipinski definition) is 1. The average molecular weight is 219 g/mol. The lowest BCUT2D eigenvalue weighted by Gasteiger charge is -1.99. The molecule has 4 heteroatoms. The van der Waals surface area contributed by atoms with Crippen LogP contribution in [0.1, 0.15) is 18.5 Å². The van der Waals surface area contributed by atoms with Crippen molar-refractivity contribution in [2.75, 3.05) is 6.54 Å². The summed E-state index contributed by atoms with van der Waals surface area (Å²) in [4.78, 5) is 5.52. The molecule has 0 amide bonds. The van der Waals surface area contributed by atoms with Crippen molar-refractivity contribution in [2.45, 2.75) is 19.4 Å². The van der Waals surface area contributed by atoms with Gasteiger partial charge in [0.25, 0.3) is 0 Å². The second-order valence-electron chi connectivity index (χ2n) is 3.31. The molecule has 0 aromatic carbocycles. The Kier molecular flexibility index (Phi) is 3.38. The average Bonchev–Trinajstić information content (AvgIpc) is 2.77. The fraction of sp³-hybridized carbons (Fsp3) is 0.364. The third-order valence-corrected chi connectivity index (χ3v) is 2.89. The number of nitrogens with zero attached hydrogens (tertiary/aromatic N) is 2. The summed E-state index contributed by atoms with van der Waals surface area (Å²) < 4.78 is 2.04. The summed E-state index contributed by atoms with van der Waals surface area (Å²) in [5.74, 6) is 2.63. The first kappa shape index (κ1) is 10.2. The van der Waals surface area contributed by atoms with Crippen LogP contribution in [0.2, 0.25) is 0 Å². The molecule has 0 radical (unpaired) electrons. The largest absolute Gasteiger partial charge is 0.311 e. The zero-order valence-electron chi connectivity index (χ0n) is 8.44. The number of fused-ring (bicyclic) bond motifs is 1. The first-order valence-electron chi connectivity index (χ1n) is 4.95. The number of hydrogen-bond acceptors (Lipinski definition) is 3. The van der Waals surface area contributed by atoms with Crippen molar-refractivity contribution in [2.24, 2.45) is 0 Å². The highest BCUT2D eigenvalue weighted by molar-refractivity contribution is 7.15. The van der Waals surface area contributed by atoms with E-state index in [1.165, 1.54) is 0 Å². The van der Waals surface area contributed by atoms with Crippen molar-refractivity contribution < 1.29 is 0 Å². The molecule has 0 atom stereocenters. The molecule has 0 spiro atoms. The van der Waals surface area contributed by atoms with E-state index in [-0.39, 0.29) is 0 Å². The molecular formula is C11H13N3S. The summed E-state index contributed by atoms with van der Waals surface area (Å²) in [6.45, 7) is 1.77. The van der Waals surface area contributed by atoms with Crippen molar-refractivity contribution >= 4 is 16.3 Å². The van der Waals surface area contributed by atoms with Gasteiger partial charge in [-0.15, -0.1) is 23.7 Å². The molecule has 0 aliphatic heterocycles. The van der Waals surface area contributed by atoms with Crippen molar-refractivity contribution in [3.8, 4) is 12.3 Å². The summed E-state index contributed by atoms with van der Waals surface area (Å²) >= 11 is 1.65. The summed E-state index contributed by atoms with van der Waals surface area (Å²) in [7, 11) is 0. The second kappa shape index (κ2) is 4.96. The lowest BCUT2D eigenvalue weighted by atomic mass is 10.3. The number of aromatic nitrogens is 2. The van der Waals surface area contributed by atoms with Crippen LogP contribution in [0.5, 0.6) is 0 Å². The van der Waals surface area contributed by atoms with Crippen LogP contribution in [0.3, 0.4) is 0 Å². The maximum absolute atomic E-state index is 5.17. The third-order valence-electron chi connectivity index (χ3n) is 2.12. The van der Waals surface area contributed by atoms with E-state index in [1.807, 2.05) is 16.0 Å². The van der Waals surface area contributed by atoms with E-state index in [4.69, 9.17) is 6.42 Å². The Balaban J connectivity index is 1.80. The minimum Gasteiger partial charge on any atom is -0.311 e. The van der Waals surface area contributed by atoms with E-state index < -0.39 is 0 Å². The van der Waals surface area contributed by atoms with E-state index >= 15 is 0 Å². The Hall–Kier alpha value is -1.31. The smallest absolute Gasteiger partial charge is 0.193 e. The molecule has 0 fully saturated rings. The van der Waals surface area contributed by atoms with Crippen LogP contribution in [0, 0.1) is 12.3 Å². The molecule has 3 nitrogen and oxygen atoms in total. The van der Waals surface area contributed by atoms with Gasteiger partial charge in [-0.1, -0.05) is 0 Å². The Morgan fingerprint density at radius 3 is 3.33 bits per heavy atom. The van der Waals surface area contributed by atoms with Gasteiger partial charge >= 0.3 is 0 Å².